The Kier molecular flexibility index (Phi) is 3.66. The highest BCUT2D eigenvalue weighted by molar-refractivity contribution is 6.00. The quantitative estimate of drug-likeness (QED) is 0.774. The van der Waals surface area contributed by atoms with Gasteiger partial charge in [0.2, 0.25) is 0 Å². The van der Waals surface area contributed by atoms with Crippen LogP contribution in [-0.4, -0.2) is 16.1 Å². The first-order valence-electron chi connectivity index (χ1n) is 6.64. The van der Waals surface area contributed by atoms with Crippen molar-refractivity contribution in [2.45, 2.75) is 0 Å². The standard InChI is InChI=1S/C17H7F3N2O2/c18-9-4-13(19)16(14(20)5-9)12-6-10(7-21)22-15-2-1-8(17(23)24)3-11(12)15/h1-6H,(H,23,24). The van der Waals surface area contributed by atoms with Gasteiger partial charge >= 0.3 is 5.97 Å². The Balaban J connectivity index is 2.44. The first kappa shape index (κ1) is 15.5. The molecule has 3 rings (SSSR count). The number of aromatic nitrogens is 1. The van der Waals surface area contributed by atoms with Crippen LogP contribution in [0.4, 0.5) is 13.2 Å². The van der Waals surface area contributed by atoms with Crippen LogP contribution in [0.2, 0.25) is 0 Å². The molecule has 4 nitrogen and oxygen atoms in total. The number of pyridine rings is 1. The van der Waals surface area contributed by atoms with Crippen molar-refractivity contribution in [2.75, 3.05) is 0 Å². The molecular weight excluding hydrogens is 321 g/mol. The Morgan fingerprint density at radius 1 is 1.08 bits per heavy atom. The lowest BCUT2D eigenvalue weighted by atomic mass is 9.97. The van der Waals surface area contributed by atoms with E-state index in [9.17, 15) is 18.0 Å². The Labute approximate surface area is 133 Å². The van der Waals surface area contributed by atoms with E-state index in [1.54, 1.807) is 6.07 Å². The monoisotopic (exact) mass is 328 g/mol. The van der Waals surface area contributed by atoms with Gasteiger partial charge in [0.15, 0.2) is 0 Å². The van der Waals surface area contributed by atoms with E-state index in [1.165, 1.54) is 18.2 Å². The van der Waals surface area contributed by atoms with E-state index in [2.05, 4.69) is 4.98 Å². The fourth-order valence-corrected chi connectivity index (χ4v) is 2.42. The molecule has 1 N–H and O–H groups in total. The van der Waals surface area contributed by atoms with Crippen molar-refractivity contribution in [1.82, 2.24) is 4.98 Å². The molecule has 0 radical (unpaired) electrons. The lowest BCUT2D eigenvalue weighted by Gasteiger charge is -2.10. The number of benzene rings is 2. The number of hydrogen-bond donors (Lipinski definition) is 1. The molecule has 118 valence electrons. The van der Waals surface area contributed by atoms with Gasteiger partial charge in [0.05, 0.1) is 16.6 Å². The lowest BCUT2D eigenvalue weighted by molar-refractivity contribution is 0.0697. The van der Waals surface area contributed by atoms with Crippen molar-refractivity contribution in [1.29, 1.82) is 5.26 Å². The summed E-state index contributed by atoms with van der Waals surface area (Å²) in [5, 5.41) is 18.3. The number of halogens is 3. The second-order valence-electron chi connectivity index (χ2n) is 4.95. The molecule has 0 atom stereocenters. The van der Waals surface area contributed by atoms with Gasteiger partial charge in [0, 0.05) is 17.5 Å². The summed E-state index contributed by atoms with van der Waals surface area (Å²) >= 11 is 0. The number of rotatable bonds is 2. The van der Waals surface area contributed by atoms with Crippen molar-refractivity contribution in [3.8, 4) is 17.2 Å². The summed E-state index contributed by atoms with van der Waals surface area (Å²) in [5.74, 6) is -4.64. The second kappa shape index (κ2) is 5.66. The van der Waals surface area contributed by atoms with Crippen molar-refractivity contribution < 1.29 is 23.1 Å². The maximum absolute atomic E-state index is 14.1. The van der Waals surface area contributed by atoms with Crippen LogP contribution >= 0.6 is 0 Å². The highest BCUT2D eigenvalue weighted by Gasteiger charge is 2.18. The van der Waals surface area contributed by atoms with Crippen molar-refractivity contribution in [3.63, 3.8) is 0 Å². The van der Waals surface area contributed by atoms with E-state index in [-0.39, 0.29) is 27.7 Å². The van der Waals surface area contributed by atoms with Crippen LogP contribution in [0.15, 0.2) is 36.4 Å². The predicted octanol–water partition coefficient (Wildman–Crippen LogP) is 3.89. The molecule has 0 fully saturated rings. The van der Waals surface area contributed by atoms with Crippen LogP contribution < -0.4 is 0 Å². The number of carboxylic acids is 1. The van der Waals surface area contributed by atoms with E-state index in [0.29, 0.717) is 12.1 Å². The van der Waals surface area contributed by atoms with Gasteiger partial charge in [0.1, 0.15) is 29.2 Å². The van der Waals surface area contributed by atoms with E-state index in [1.807, 2.05) is 0 Å². The minimum atomic E-state index is -1.23. The number of nitrogens with zero attached hydrogens (tertiary/aromatic N) is 2. The number of carbonyl (C=O) groups is 1. The Morgan fingerprint density at radius 3 is 2.33 bits per heavy atom. The number of aromatic carboxylic acids is 1. The van der Waals surface area contributed by atoms with Gasteiger partial charge in [0.25, 0.3) is 0 Å². The molecule has 3 aromatic rings. The normalized spacial score (nSPS) is 10.6. The number of carboxylic acid groups (broad SMARTS) is 1. The zero-order valence-corrected chi connectivity index (χ0v) is 11.8. The first-order valence-corrected chi connectivity index (χ1v) is 6.64. The molecule has 0 saturated carbocycles. The first-order chi connectivity index (χ1) is 11.4. The maximum atomic E-state index is 14.1. The third-order valence-corrected chi connectivity index (χ3v) is 3.45. The van der Waals surface area contributed by atoms with Gasteiger partial charge in [-0.15, -0.1) is 0 Å². The zero-order chi connectivity index (χ0) is 17.4. The molecule has 0 saturated heterocycles. The summed E-state index contributed by atoms with van der Waals surface area (Å²) in [5.41, 5.74) is -0.656. The molecule has 0 unspecified atom stereocenters. The topological polar surface area (TPSA) is 74.0 Å². The summed E-state index contributed by atoms with van der Waals surface area (Å²) in [4.78, 5) is 15.1. The van der Waals surface area contributed by atoms with Crippen LogP contribution in [0.25, 0.3) is 22.0 Å². The fourth-order valence-electron chi connectivity index (χ4n) is 2.42. The minimum absolute atomic E-state index is 0.0744. The van der Waals surface area contributed by atoms with Crippen molar-refractivity contribution in [3.05, 3.63) is 65.1 Å². The van der Waals surface area contributed by atoms with Crippen LogP contribution in [-0.2, 0) is 0 Å². The number of fused-ring (bicyclic) bond motifs is 1. The van der Waals surface area contributed by atoms with Gasteiger partial charge < -0.3 is 5.11 Å². The third-order valence-electron chi connectivity index (χ3n) is 3.45. The fraction of sp³-hybridized carbons (Fsp3) is 0. The summed E-state index contributed by atoms with van der Waals surface area (Å²) < 4.78 is 41.4. The van der Waals surface area contributed by atoms with Gasteiger partial charge in [-0.2, -0.15) is 5.26 Å². The average molecular weight is 328 g/mol. The van der Waals surface area contributed by atoms with E-state index in [0.717, 1.165) is 6.07 Å². The van der Waals surface area contributed by atoms with Crippen molar-refractivity contribution >= 4 is 16.9 Å². The molecule has 0 aliphatic heterocycles. The molecule has 0 spiro atoms. The van der Waals surface area contributed by atoms with Crippen LogP contribution in [0, 0.1) is 28.8 Å². The highest BCUT2D eigenvalue weighted by Crippen LogP contribution is 2.33. The molecule has 0 aliphatic rings. The summed E-state index contributed by atoms with van der Waals surface area (Å²) in [7, 11) is 0. The largest absolute Gasteiger partial charge is 0.478 e. The van der Waals surface area contributed by atoms with Gasteiger partial charge in [-0.25, -0.2) is 22.9 Å². The SMILES string of the molecule is N#Cc1cc(-c2c(F)cc(F)cc2F)c2cc(C(=O)O)ccc2n1. The van der Waals surface area contributed by atoms with Gasteiger partial charge in [-0.05, 0) is 29.8 Å². The van der Waals surface area contributed by atoms with E-state index < -0.39 is 29.0 Å². The summed E-state index contributed by atoms with van der Waals surface area (Å²) in [6, 6.07) is 7.72. The van der Waals surface area contributed by atoms with E-state index >= 15 is 0 Å². The number of hydrogen-bond acceptors (Lipinski definition) is 3. The Hall–Kier alpha value is -3.40. The molecule has 1 aromatic heterocycles. The average Bonchev–Trinajstić information content (AvgIpc) is 2.53. The molecule has 7 heteroatoms. The van der Waals surface area contributed by atoms with Crippen LogP contribution in [0.5, 0.6) is 0 Å². The predicted molar refractivity (Wildman–Crippen MR) is 78.7 cm³/mol. The zero-order valence-electron chi connectivity index (χ0n) is 11.8. The van der Waals surface area contributed by atoms with Crippen LogP contribution in [0.1, 0.15) is 16.1 Å². The van der Waals surface area contributed by atoms with Crippen LogP contribution in [0.3, 0.4) is 0 Å². The maximum Gasteiger partial charge on any atom is 0.335 e. The second-order valence-corrected chi connectivity index (χ2v) is 4.95. The van der Waals surface area contributed by atoms with Crippen molar-refractivity contribution in [2.24, 2.45) is 0 Å². The molecule has 0 amide bonds. The smallest absolute Gasteiger partial charge is 0.335 e. The molecule has 0 bridgehead atoms. The van der Waals surface area contributed by atoms with Gasteiger partial charge in [-0.1, -0.05) is 0 Å². The summed E-state index contributed by atoms with van der Waals surface area (Å²) in [6.07, 6.45) is 0. The Bertz CT molecular complexity index is 1020. The minimum Gasteiger partial charge on any atom is -0.478 e. The lowest BCUT2D eigenvalue weighted by Crippen LogP contribution is -1.99. The molecule has 2 aromatic carbocycles. The number of nitriles is 1. The van der Waals surface area contributed by atoms with Gasteiger partial charge in [-0.3, -0.25) is 0 Å². The Morgan fingerprint density at radius 2 is 1.75 bits per heavy atom. The third kappa shape index (κ3) is 2.54. The highest BCUT2D eigenvalue weighted by atomic mass is 19.1. The van der Waals surface area contributed by atoms with E-state index in [4.69, 9.17) is 10.4 Å². The summed E-state index contributed by atoms with van der Waals surface area (Å²) in [6.45, 7) is 0. The molecular formula is C17H7F3N2O2. The molecule has 1 heterocycles. The molecule has 0 aliphatic carbocycles. The molecule has 24 heavy (non-hydrogen) atoms.